The lowest BCUT2D eigenvalue weighted by atomic mass is 9.90. The summed E-state index contributed by atoms with van der Waals surface area (Å²) in [6, 6.07) is 7.49. The molecule has 1 unspecified atom stereocenters. The van der Waals surface area contributed by atoms with Crippen molar-refractivity contribution in [3.05, 3.63) is 57.2 Å². The molecule has 1 atom stereocenters. The monoisotopic (exact) mass is 705 g/mol. The van der Waals surface area contributed by atoms with Gasteiger partial charge in [0.25, 0.3) is 0 Å². The number of carbonyl (C=O) groups excluding carboxylic acids is 2. The van der Waals surface area contributed by atoms with Gasteiger partial charge in [0.2, 0.25) is 0 Å². The molecule has 2 aromatic heterocycles. The number of pyridine rings is 1. The molecule has 1 aliphatic carbocycles. The number of rotatable bonds is 11. The van der Waals surface area contributed by atoms with E-state index in [1.54, 1.807) is 11.4 Å². The van der Waals surface area contributed by atoms with Crippen molar-refractivity contribution in [1.82, 2.24) is 19.7 Å². The Morgan fingerprint density at radius 2 is 1.96 bits per heavy atom. The zero-order valence-corrected chi connectivity index (χ0v) is 29.1. The zero-order valence-electron chi connectivity index (χ0n) is 27.6. The van der Waals surface area contributed by atoms with Crippen LogP contribution in [0.4, 0.5) is 13.2 Å². The van der Waals surface area contributed by atoms with Gasteiger partial charge >= 0.3 is 12.1 Å². The van der Waals surface area contributed by atoms with Crippen LogP contribution in [0.5, 0.6) is 5.75 Å². The first kappa shape index (κ1) is 35.8. The maximum atomic E-state index is 12.7. The summed E-state index contributed by atoms with van der Waals surface area (Å²) >= 11 is 7.83. The Balaban J connectivity index is 1.23. The van der Waals surface area contributed by atoms with Gasteiger partial charge in [-0.15, -0.1) is 11.3 Å². The number of methoxy groups -OCH3 is 1. The van der Waals surface area contributed by atoms with Crippen molar-refractivity contribution in [2.24, 2.45) is 4.99 Å². The topological polar surface area (TPSA) is 87.6 Å². The van der Waals surface area contributed by atoms with E-state index in [2.05, 4.69) is 9.88 Å². The number of aromatic nitrogens is 1. The van der Waals surface area contributed by atoms with Gasteiger partial charge in [0.15, 0.2) is 0 Å². The fraction of sp³-hybridized carbons (Fsp3) is 0.471. The highest BCUT2D eigenvalue weighted by Gasteiger charge is 2.40. The summed E-state index contributed by atoms with van der Waals surface area (Å²) in [5.74, 6) is 0.916. The first-order valence-corrected chi connectivity index (χ1v) is 16.9. The van der Waals surface area contributed by atoms with Crippen molar-refractivity contribution in [3.8, 4) is 16.9 Å². The number of hydrogen-bond donors (Lipinski definition) is 0. The Bertz CT molecular complexity index is 1740. The van der Waals surface area contributed by atoms with Crippen molar-refractivity contribution in [2.45, 2.75) is 51.4 Å². The number of thiophene rings is 1. The first-order chi connectivity index (χ1) is 22.8. The molecule has 258 valence electrons. The van der Waals surface area contributed by atoms with Crippen LogP contribution < -0.4 is 4.74 Å². The number of fused-ring (bicyclic) bond motifs is 1. The molecule has 9 nitrogen and oxygen atoms in total. The summed E-state index contributed by atoms with van der Waals surface area (Å²) in [6.45, 7) is 4.46. The SMILES string of the molecule is COC(=O)c1csc2c(-c3cc(Cl)ccc3OCCN(C)C(C)=NC3=C(C=O)CC(N(C)C4CN(CC(F)(F)F)C4)CC3)cc(C)nc12. The maximum absolute atomic E-state index is 12.7. The van der Waals surface area contributed by atoms with E-state index in [-0.39, 0.29) is 12.1 Å². The van der Waals surface area contributed by atoms with Crippen LogP contribution in [0.1, 0.15) is 42.2 Å². The predicted molar refractivity (Wildman–Crippen MR) is 182 cm³/mol. The van der Waals surface area contributed by atoms with Crippen molar-refractivity contribution >= 4 is 51.2 Å². The number of carbonyl (C=O) groups is 2. The largest absolute Gasteiger partial charge is 0.491 e. The van der Waals surface area contributed by atoms with E-state index in [4.69, 9.17) is 26.1 Å². The van der Waals surface area contributed by atoms with E-state index in [9.17, 15) is 22.8 Å². The fourth-order valence-corrected chi connectivity index (χ4v) is 7.35. The molecule has 2 aliphatic rings. The number of esters is 1. The third-order valence-electron chi connectivity index (χ3n) is 9.00. The summed E-state index contributed by atoms with van der Waals surface area (Å²) in [6.07, 6.45) is -1.44. The lowest BCUT2D eigenvalue weighted by Crippen LogP contribution is -2.62. The molecule has 1 aromatic carbocycles. The number of hydrogen-bond acceptors (Lipinski definition) is 9. The number of ether oxygens (including phenoxy) is 2. The van der Waals surface area contributed by atoms with Gasteiger partial charge in [0.1, 0.15) is 24.5 Å². The molecule has 0 N–H and O–H groups in total. The second kappa shape index (κ2) is 14.9. The maximum Gasteiger partial charge on any atom is 0.401 e. The number of allylic oxidation sites excluding steroid dienone is 1. The molecule has 1 fully saturated rings. The number of aliphatic imine (C=N–C) groups is 1. The highest BCUT2D eigenvalue weighted by atomic mass is 35.5. The Labute approximate surface area is 287 Å². The average Bonchev–Trinajstić information content (AvgIpc) is 3.45. The molecule has 0 amide bonds. The molecule has 5 rings (SSSR count). The number of amidine groups is 1. The fourth-order valence-electron chi connectivity index (χ4n) is 6.18. The van der Waals surface area contributed by atoms with E-state index in [1.165, 1.54) is 23.3 Å². The second-order valence-corrected chi connectivity index (χ2v) is 13.6. The number of likely N-dealkylation sites (N-methyl/N-ethyl adjacent to an activating group) is 2. The summed E-state index contributed by atoms with van der Waals surface area (Å²) in [7, 11) is 5.18. The van der Waals surface area contributed by atoms with E-state index >= 15 is 0 Å². The minimum atomic E-state index is -4.19. The molecular formula is C34H39ClF3N5O4S. The molecule has 3 aromatic rings. The van der Waals surface area contributed by atoms with Gasteiger partial charge in [-0.1, -0.05) is 11.6 Å². The van der Waals surface area contributed by atoms with Gasteiger partial charge in [-0.05, 0) is 64.4 Å². The lowest BCUT2D eigenvalue weighted by Gasteiger charge is -2.47. The van der Waals surface area contributed by atoms with E-state index < -0.39 is 18.7 Å². The number of benzene rings is 1. The van der Waals surface area contributed by atoms with Crippen molar-refractivity contribution < 1.29 is 32.2 Å². The molecule has 1 aliphatic heterocycles. The molecule has 0 spiro atoms. The summed E-state index contributed by atoms with van der Waals surface area (Å²) in [5, 5.41) is 2.29. The predicted octanol–water partition coefficient (Wildman–Crippen LogP) is 6.62. The summed E-state index contributed by atoms with van der Waals surface area (Å²) < 4.78 is 50.1. The zero-order chi connectivity index (χ0) is 34.7. The van der Waals surface area contributed by atoms with Gasteiger partial charge in [0, 0.05) is 70.7 Å². The third kappa shape index (κ3) is 8.19. The van der Waals surface area contributed by atoms with Crippen molar-refractivity contribution in [2.75, 3.05) is 54.0 Å². The Morgan fingerprint density at radius 1 is 1.21 bits per heavy atom. The highest BCUT2D eigenvalue weighted by molar-refractivity contribution is 7.18. The van der Waals surface area contributed by atoms with Crippen molar-refractivity contribution in [1.29, 1.82) is 0 Å². The number of nitrogens with zero attached hydrogens (tertiary/aromatic N) is 5. The quantitative estimate of drug-likeness (QED) is 0.0952. The third-order valence-corrected chi connectivity index (χ3v) is 10.2. The summed E-state index contributed by atoms with van der Waals surface area (Å²) in [5.41, 5.74) is 4.71. The molecule has 3 heterocycles. The number of aldehydes is 1. The minimum absolute atomic E-state index is 0.0422. The van der Waals surface area contributed by atoms with Crippen LogP contribution in [0.2, 0.25) is 5.02 Å². The first-order valence-electron chi connectivity index (χ1n) is 15.6. The van der Waals surface area contributed by atoms with Crippen LogP contribution in [0.25, 0.3) is 21.3 Å². The summed E-state index contributed by atoms with van der Waals surface area (Å²) in [4.78, 5) is 39.3. The minimum Gasteiger partial charge on any atom is -0.491 e. The number of halogens is 4. The van der Waals surface area contributed by atoms with E-state index in [1.807, 2.05) is 51.0 Å². The van der Waals surface area contributed by atoms with Crippen LogP contribution in [-0.4, -0.2) is 110 Å². The van der Waals surface area contributed by atoms with Crippen LogP contribution in [0, 0.1) is 6.92 Å². The van der Waals surface area contributed by atoms with Crippen molar-refractivity contribution in [3.63, 3.8) is 0 Å². The van der Waals surface area contributed by atoms with Gasteiger partial charge in [0.05, 0.1) is 36.0 Å². The van der Waals surface area contributed by atoms with E-state index in [0.717, 1.165) is 45.8 Å². The van der Waals surface area contributed by atoms with Crippen LogP contribution in [0.3, 0.4) is 0 Å². The van der Waals surface area contributed by atoms with Gasteiger partial charge in [-0.25, -0.2) is 9.79 Å². The normalized spacial score (nSPS) is 18.0. The van der Waals surface area contributed by atoms with E-state index in [0.29, 0.717) is 66.5 Å². The Kier molecular flexibility index (Phi) is 11.1. The number of likely N-dealkylation sites (tertiary alicyclic amines) is 1. The average molecular weight is 706 g/mol. The van der Waals surface area contributed by atoms with Gasteiger partial charge in [-0.3, -0.25) is 19.6 Å². The highest BCUT2D eigenvalue weighted by Crippen LogP contribution is 2.40. The van der Waals surface area contributed by atoms with Crippen LogP contribution in [0.15, 0.2) is 45.9 Å². The lowest BCUT2D eigenvalue weighted by molar-refractivity contribution is -0.161. The Morgan fingerprint density at radius 3 is 2.65 bits per heavy atom. The number of alkyl halides is 3. The molecule has 14 heteroatoms. The molecule has 1 saturated heterocycles. The molecular weight excluding hydrogens is 667 g/mol. The molecule has 0 saturated carbocycles. The smallest absolute Gasteiger partial charge is 0.401 e. The second-order valence-electron chi connectivity index (χ2n) is 12.3. The molecule has 0 radical (unpaired) electrons. The number of aryl methyl sites for hydroxylation is 1. The van der Waals surface area contributed by atoms with Gasteiger partial charge in [-0.2, -0.15) is 13.2 Å². The van der Waals surface area contributed by atoms with Gasteiger partial charge < -0.3 is 14.4 Å². The molecule has 48 heavy (non-hydrogen) atoms. The molecule has 0 bridgehead atoms. The van der Waals surface area contributed by atoms with Crippen LogP contribution in [-0.2, 0) is 9.53 Å². The van der Waals surface area contributed by atoms with Crippen LogP contribution >= 0.6 is 22.9 Å². The Hall–Kier alpha value is -3.52. The standard InChI is InChI=1S/C34H39ClF3N5O4S/c1-20-12-27(32-31(39-20)28(18-48-32)33(45)46-5)26-14-23(35)6-9-30(26)47-11-10-41(3)21(2)40-29-8-7-24(13-22(29)17-44)42(4)25-15-43(16-25)19-34(36,37)38/h6,9,12,14,17-18,24-25H,7-8,10-11,13,15-16,19H2,1-5H3.